The second-order valence-electron chi connectivity index (χ2n) is 6.15. The number of hydrogen-bond donors (Lipinski definition) is 2. The molecule has 5 aromatic rings. The van der Waals surface area contributed by atoms with Crippen LogP contribution in [-0.2, 0) is 0 Å². The molecule has 9 heteroatoms. The van der Waals surface area contributed by atoms with Gasteiger partial charge in [-0.25, -0.2) is 18.9 Å². The van der Waals surface area contributed by atoms with Crippen molar-refractivity contribution in [1.29, 1.82) is 0 Å². The highest BCUT2D eigenvalue weighted by molar-refractivity contribution is 6.07. The first-order chi connectivity index (χ1) is 13.7. The first-order valence-electron chi connectivity index (χ1n) is 8.36. The maximum absolute atomic E-state index is 13.3. The summed E-state index contributed by atoms with van der Waals surface area (Å²) < 4.78 is 14.9. The Morgan fingerprint density at radius 3 is 2.96 bits per heavy atom. The lowest BCUT2D eigenvalue weighted by Crippen LogP contribution is -2.12. The van der Waals surface area contributed by atoms with Crippen molar-refractivity contribution in [2.45, 2.75) is 0 Å². The Labute approximate surface area is 157 Å². The predicted octanol–water partition coefficient (Wildman–Crippen LogP) is 3.06. The molecule has 0 fully saturated rings. The molecule has 0 atom stereocenters. The Kier molecular flexibility index (Phi) is 3.58. The van der Waals surface area contributed by atoms with Crippen LogP contribution in [0.3, 0.4) is 0 Å². The molecule has 0 spiro atoms. The van der Waals surface area contributed by atoms with E-state index in [4.69, 9.17) is 0 Å². The first kappa shape index (κ1) is 16.1. The van der Waals surface area contributed by atoms with Crippen LogP contribution < -0.4 is 5.32 Å². The molecular formula is C19H12FN7O. The van der Waals surface area contributed by atoms with Crippen LogP contribution in [0.5, 0.6) is 0 Å². The molecule has 0 aromatic carbocycles. The van der Waals surface area contributed by atoms with Crippen LogP contribution in [0.15, 0.2) is 61.6 Å². The average molecular weight is 373 g/mol. The third-order valence-electron chi connectivity index (χ3n) is 4.34. The van der Waals surface area contributed by atoms with Crippen molar-refractivity contribution in [2.24, 2.45) is 0 Å². The zero-order chi connectivity index (χ0) is 19.1. The average Bonchev–Trinajstić information content (AvgIpc) is 3.33. The van der Waals surface area contributed by atoms with Gasteiger partial charge < -0.3 is 10.3 Å². The number of carbonyl (C=O) groups is 1. The lowest BCUT2D eigenvalue weighted by atomic mass is 10.1. The van der Waals surface area contributed by atoms with Crippen LogP contribution in [0.25, 0.3) is 27.8 Å². The van der Waals surface area contributed by atoms with Gasteiger partial charge in [0.15, 0.2) is 5.65 Å². The van der Waals surface area contributed by atoms with Gasteiger partial charge in [0.1, 0.15) is 17.8 Å². The maximum atomic E-state index is 13.3. The van der Waals surface area contributed by atoms with E-state index in [2.05, 4.69) is 30.4 Å². The molecule has 5 aromatic heterocycles. The Bertz CT molecular complexity index is 1340. The smallest absolute Gasteiger partial charge is 0.257 e. The molecule has 0 aliphatic rings. The number of nitrogens with one attached hydrogen (secondary N) is 2. The summed E-state index contributed by atoms with van der Waals surface area (Å²) in [5, 5.41) is 7.55. The Balaban J connectivity index is 1.53. The van der Waals surface area contributed by atoms with Gasteiger partial charge >= 0.3 is 0 Å². The minimum absolute atomic E-state index is 0.274. The molecule has 0 saturated carbocycles. The number of pyridine rings is 3. The number of carbonyl (C=O) groups excluding carboxylic acids is 1. The number of amides is 1. The van der Waals surface area contributed by atoms with Gasteiger partial charge in [-0.2, -0.15) is 5.10 Å². The molecule has 1 amide bonds. The summed E-state index contributed by atoms with van der Waals surface area (Å²) in [6.07, 6.45) is 9.08. The number of hydrogen-bond acceptors (Lipinski definition) is 5. The summed E-state index contributed by atoms with van der Waals surface area (Å²) in [5.74, 6) is -0.927. The minimum atomic E-state index is -0.525. The van der Waals surface area contributed by atoms with Crippen LogP contribution in [0.1, 0.15) is 10.4 Å². The molecule has 5 heterocycles. The Morgan fingerprint density at radius 1 is 1.14 bits per heavy atom. The zero-order valence-electron chi connectivity index (χ0n) is 14.3. The van der Waals surface area contributed by atoms with Gasteiger partial charge in [0.25, 0.3) is 5.91 Å². The molecule has 136 valence electrons. The first-order valence-corrected chi connectivity index (χ1v) is 8.36. The number of aromatic nitrogens is 6. The fourth-order valence-corrected chi connectivity index (χ4v) is 3.03. The van der Waals surface area contributed by atoms with E-state index in [0.717, 1.165) is 28.4 Å². The van der Waals surface area contributed by atoms with Gasteiger partial charge in [-0.1, -0.05) is 0 Å². The van der Waals surface area contributed by atoms with Crippen LogP contribution in [0, 0.1) is 5.82 Å². The molecule has 8 nitrogen and oxygen atoms in total. The van der Waals surface area contributed by atoms with E-state index < -0.39 is 11.7 Å². The molecule has 0 unspecified atom stereocenters. The largest absolute Gasteiger partial charge is 0.346 e. The zero-order valence-corrected chi connectivity index (χ0v) is 14.3. The Hall–Kier alpha value is -4.14. The topological polar surface area (TPSA) is 101 Å². The molecule has 0 aliphatic heterocycles. The monoisotopic (exact) mass is 373 g/mol. The molecule has 0 bridgehead atoms. The molecule has 2 N–H and O–H groups in total. The lowest BCUT2D eigenvalue weighted by molar-refractivity contribution is 0.102. The van der Waals surface area contributed by atoms with Crippen LogP contribution >= 0.6 is 0 Å². The van der Waals surface area contributed by atoms with Gasteiger partial charge in [0.2, 0.25) is 0 Å². The number of fused-ring (bicyclic) bond motifs is 2. The number of halogens is 1. The van der Waals surface area contributed by atoms with Crippen molar-refractivity contribution in [1.82, 2.24) is 29.5 Å². The fraction of sp³-hybridized carbons (Fsp3) is 0. The highest BCUT2D eigenvalue weighted by Gasteiger charge is 2.13. The van der Waals surface area contributed by atoms with Crippen LogP contribution in [-0.4, -0.2) is 35.5 Å². The number of nitrogens with zero attached hydrogens (tertiary/aromatic N) is 5. The summed E-state index contributed by atoms with van der Waals surface area (Å²) in [5.41, 5.74) is 3.79. The van der Waals surface area contributed by atoms with Crippen molar-refractivity contribution in [3.8, 4) is 11.1 Å². The molecule has 5 rings (SSSR count). The number of rotatable bonds is 3. The van der Waals surface area contributed by atoms with Gasteiger partial charge in [0, 0.05) is 41.2 Å². The van der Waals surface area contributed by atoms with E-state index in [1.807, 2.05) is 24.5 Å². The number of aromatic amines is 1. The summed E-state index contributed by atoms with van der Waals surface area (Å²) in [7, 11) is 0. The Morgan fingerprint density at radius 2 is 2.07 bits per heavy atom. The second-order valence-corrected chi connectivity index (χ2v) is 6.15. The van der Waals surface area contributed by atoms with Crippen LogP contribution in [0.4, 0.5) is 10.1 Å². The van der Waals surface area contributed by atoms with Crippen LogP contribution in [0.2, 0.25) is 0 Å². The van der Waals surface area contributed by atoms with E-state index in [-0.39, 0.29) is 5.69 Å². The highest BCUT2D eigenvalue weighted by atomic mass is 19.1. The molecule has 0 aliphatic carbocycles. The summed E-state index contributed by atoms with van der Waals surface area (Å²) in [6.45, 7) is 0. The van der Waals surface area contributed by atoms with Crippen molar-refractivity contribution >= 4 is 28.3 Å². The van der Waals surface area contributed by atoms with Gasteiger partial charge in [0.05, 0.1) is 23.6 Å². The second kappa shape index (κ2) is 6.23. The SMILES string of the molecule is O=C(Nc1cncc(F)c1)c1cnc2[nH]cc(-c3ccc4ncnn4c3)c2c1. The quantitative estimate of drug-likeness (QED) is 0.506. The molecule has 28 heavy (non-hydrogen) atoms. The molecule has 0 saturated heterocycles. The van der Waals surface area contributed by atoms with Gasteiger partial charge in [-0.15, -0.1) is 0 Å². The summed E-state index contributed by atoms with van der Waals surface area (Å²) >= 11 is 0. The normalized spacial score (nSPS) is 11.2. The van der Waals surface area contributed by atoms with E-state index in [9.17, 15) is 9.18 Å². The molecule has 0 radical (unpaired) electrons. The van der Waals surface area contributed by atoms with E-state index in [0.29, 0.717) is 11.2 Å². The maximum Gasteiger partial charge on any atom is 0.257 e. The summed E-state index contributed by atoms with van der Waals surface area (Å²) in [6, 6.07) is 6.73. The van der Waals surface area contributed by atoms with Gasteiger partial charge in [-0.3, -0.25) is 9.78 Å². The third-order valence-corrected chi connectivity index (χ3v) is 4.34. The van der Waals surface area contributed by atoms with Gasteiger partial charge in [-0.05, 0) is 18.2 Å². The standard InChI is InChI=1S/C19H12FN7O/c20-13-4-14(7-21-6-13)26-19(28)12-3-15-16(8-23-18(15)22-5-12)11-1-2-17-24-10-25-27(17)9-11/h1-10H,(H,22,23)(H,26,28). The van der Waals surface area contributed by atoms with E-state index in [1.165, 1.54) is 24.8 Å². The highest BCUT2D eigenvalue weighted by Crippen LogP contribution is 2.28. The van der Waals surface area contributed by atoms with Crippen molar-refractivity contribution < 1.29 is 9.18 Å². The van der Waals surface area contributed by atoms with Crippen molar-refractivity contribution in [3.63, 3.8) is 0 Å². The van der Waals surface area contributed by atoms with Crippen molar-refractivity contribution in [2.75, 3.05) is 5.32 Å². The van der Waals surface area contributed by atoms with E-state index >= 15 is 0 Å². The lowest BCUT2D eigenvalue weighted by Gasteiger charge is -2.05. The third kappa shape index (κ3) is 2.75. The summed E-state index contributed by atoms with van der Waals surface area (Å²) in [4.78, 5) is 27.8. The van der Waals surface area contributed by atoms with Crippen molar-refractivity contribution in [3.05, 3.63) is 73.0 Å². The number of H-pyrrole nitrogens is 1. The molecular weight excluding hydrogens is 361 g/mol. The predicted molar refractivity (Wildman–Crippen MR) is 100 cm³/mol. The van der Waals surface area contributed by atoms with E-state index in [1.54, 1.807) is 10.6 Å². The minimum Gasteiger partial charge on any atom is -0.346 e. The number of anilines is 1. The fourth-order valence-electron chi connectivity index (χ4n) is 3.03.